The molecule has 1 heterocycles. The minimum absolute atomic E-state index is 0.221. The number of nitrogens with one attached hydrogen (secondary N) is 1. The lowest BCUT2D eigenvalue weighted by Gasteiger charge is -2.04. The molecule has 0 fully saturated rings. The fourth-order valence-corrected chi connectivity index (χ4v) is 2.23. The molecule has 0 saturated heterocycles. The summed E-state index contributed by atoms with van der Waals surface area (Å²) in [5.41, 5.74) is 2.24. The number of amides is 1. The van der Waals surface area contributed by atoms with E-state index >= 15 is 0 Å². The smallest absolute Gasteiger partial charge is 0.271 e. The normalized spacial score (nSPS) is 10.5. The number of carbonyl (C=O) groups is 1. The number of hydrogen-bond donors (Lipinski definition) is 1. The molecule has 3 aromatic rings. The summed E-state index contributed by atoms with van der Waals surface area (Å²) in [5.74, 6) is -0.481. The van der Waals surface area contributed by atoms with Crippen molar-refractivity contribution in [1.82, 2.24) is 15.1 Å². The molecule has 0 aliphatic heterocycles. The van der Waals surface area contributed by atoms with Crippen molar-refractivity contribution in [3.63, 3.8) is 0 Å². The monoisotopic (exact) mass is 309 g/mol. The second-order valence-corrected chi connectivity index (χ2v) is 5.11. The van der Waals surface area contributed by atoms with Crippen LogP contribution in [0, 0.1) is 5.82 Å². The Morgan fingerprint density at radius 2 is 1.78 bits per heavy atom. The number of hydrogen-bond acceptors (Lipinski definition) is 2. The van der Waals surface area contributed by atoms with Gasteiger partial charge in [0.2, 0.25) is 0 Å². The predicted molar refractivity (Wildman–Crippen MR) is 86.0 cm³/mol. The number of aromatic nitrogens is 2. The van der Waals surface area contributed by atoms with Crippen molar-refractivity contribution >= 4 is 5.91 Å². The maximum Gasteiger partial charge on any atom is 0.271 e. The Kier molecular flexibility index (Phi) is 4.47. The minimum atomic E-state index is -0.260. The fraction of sp³-hybridized carbons (Fsp3) is 0.111. The first kappa shape index (κ1) is 15.0. The van der Waals surface area contributed by atoms with Crippen molar-refractivity contribution in [2.75, 3.05) is 6.54 Å². The van der Waals surface area contributed by atoms with Gasteiger partial charge in [0, 0.05) is 12.7 Å². The number of carbonyl (C=O) groups excluding carboxylic acids is 1. The highest BCUT2D eigenvalue weighted by atomic mass is 19.1. The van der Waals surface area contributed by atoms with Crippen LogP contribution in [0.3, 0.4) is 0 Å². The molecule has 0 radical (unpaired) electrons. The molecule has 1 N–H and O–H groups in total. The van der Waals surface area contributed by atoms with Crippen LogP contribution in [0.25, 0.3) is 5.69 Å². The number of rotatable bonds is 5. The molecule has 0 spiro atoms. The lowest BCUT2D eigenvalue weighted by atomic mass is 10.1. The van der Waals surface area contributed by atoms with E-state index in [-0.39, 0.29) is 11.7 Å². The molecule has 0 aliphatic carbocycles. The highest BCUT2D eigenvalue weighted by Gasteiger charge is 2.09. The predicted octanol–water partition coefficient (Wildman–Crippen LogP) is 2.98. The molecule has 116 valence electrons. The quantitative estimate of drug-likeness (QED) is 0.787. The maximum absolute atomic E-state index is 12.8. The molecule has 0 saturated carbocycles. The Balaban J connectivity index is 1.56. The van der Waals surface area contributed by atoms with Gasteiger partial charge in [-0.3, -0.25) is 4.79 Å². The van der Waals surface area contributed by atoms with E-state index in [1.807, 2.05) is 30.3 Å². The minimum Gasteiger partial charge on any atom is -0.350 e. The van der Waals surface area contributed by atoms with Gasteiger partial charge in [-0.2, -0.15) is 5.10 Å². The summed E-state index contributed by atoms with van der Waals surface area (Å²) in [7, 11) is 0. The summed E-state index contributed by atoms with van der Waals surface area (Å²) in [6, 6.07) is 17.5. The summed E-state index contributed by atoms with van der Waals surface area (Å²) >= 11 is 0. The van der Waals surface area contributed by atoms with Gasteiger partial charge in [-0.15, -0.1) is 0 Å². The van der Waals surface area contributed by atoms with Gasteiger partial charge in [-0.1, -0.05) is 30.3 Å². The SMILES string of the molecule is O=C(NCCc1ccc(F)cc1)c1ccn(-c2ccccc2)n1. The molecule has 1 amide bonds. The van der Waals surface area contributed by atoms with E-state index in [9.17, 15) is 9.18 Å². The van der Waals surface area contributed by atoms with Gasteiger partial charge in [-0.05, 0) is 42.3 Å². The molecule has 4 nitrogen and oxygen atoms in total. The first-order chi connectivity index (χ1) is 11.2. The van der Waals surface area contributed by atoms with Crippen molar-refractivity contribution in [2.45, 2.75) is 6.42 Å². The van der Waals surface area contributed by atoms with Crippen LogP contribution in [0.1, 0.15) is 16.1 Å². The zero-order valence-corrected chi connectivity index (χ0v) is 12.4. The highest BCUT2D eigenvalue weighted by molar-refractivity contribution is 5.92. The summed E-state index contributed by atoms with van der Waals surface area (Å²) in [6.45, 7) is 0.475. The molecular weight excluding hydrogens is 293 g/mol. The van der Waals surface area contributed by atoms with Crippen molar-refractivity contribution in [3.05, 3.63) is 83.9 Å². The van der Waals surface area contributed by atoms with Crippen molar-refractivity contribution < 1.29 is 9.18 Å². The van der Waals surface area contributed by atoms with Crippen molar-refractivity contribution in [3.8, 4) is 5.69 Å². The molecular formula is C18H16FN3O. The molecule has 1 aromatic heterocycles. The van der Waals surface area contributed by atoms with E-state index in [2.05, 4.69) is 10.4 Å². The maximum atomic E-state index is 12.8. The average molecular weight is 309 g/mol. The molecule has 0 bridgehead atoms. The van der Waals surface area contributed by atoms with Gasteiger partial charge in [0.25, 0.3) is 5.91 Å². The van der Waals surface area contributed by atoms with Crippen LogP contribution in [-0.4, -0.2) is 22.2 Å². The molecule has 2 aromatic carbocycles. The first-order valence-electron chi connectivity index (χ1n) is 7.36. The van der Waals surface area contributed by atoms with Crippen molar-refractivity contribution in [1.29, 1.82) is 0 Å². The van der Waals surface area contributed by atoms with Gasteiger partial charge in [-0.25, -0.2) is 9.07 Å². The Morgan fingerprint density at radius 3 is 2.52 bits per heavy atom. The Labute approximate surface area is 133 Å². The Bertz CT molecular complexity index is 782. The molecule has 0 aliphatic rings. The highest BCUT2D eigenvalue weighted by Crippen LogP contribution is 2.07. The summed E-state index contributed by atoms with van der Waals surface area (Å²) in [4.78, 5) is 12.1. The van der Waals surface area contributed by atoms with Crippen LogP contribution in [0.15, 0.2) is 66.9 Å². The molecule has 0 atom stereocenters. The summed E-state index contributed by atoms with van der Waals surface area (Å²) < 4.78 is 14.5. The van der Waals surface area contributed by atoms with E-state index in [1.165, 1.54) is 12.1 Å². The van der Waals surface area contributed by atoms with Crippen LogP contribution < -0.4 is 5.32 Å². The lowest BCUT2D eigenvalue weighted by molar-refractivity contribution is 0.0948. The largest absolute Gasteiger partial charge is 0.350 e. The van der Waals surface area contributed by atoms with Crippen LogP contribution in [-0.2, 0) is 6.42 Å². The van der Waals surface area contributed by atoms with Gasteiger partial charge < -0.3 is 5.32 Å². The first-order valence-corrected chi connectivity index (χ1v) is 7.36. The molecule has 5 heteroatoms. The van der Waals surface area contributed by atoms with Gasteiger partial charge in [0.15, 0.2) is 5.69 Å². The molecule has 0 unspecified atom stereocenters. The second kappa shape index (κ2) is 6.87. The van der Waals surface area contributed by atoms with Crippen LogP contribution >= 0.6 is 0 Å². The third-order valence-corrected chi connectivity index (χ3v) is 3.45. The van der Waals surface area contributed by atoms with Crippen molar-refractivity contribution in [2.24, 2.45) is 0 Å². The number of benzene rings is 2. The van der Waals surface area contributed by atoms with E-state index in [4.69, 9.17) is 0 Å². The summed E-state index contributed by atoms with van der Waals surface area (Å²) in [5, 5.41) is 7.09. The van der Waals surface area contributed by atoms with Gasteiger partial charge in [0.05, 0.1) is 5.69 Å². The van der Waals surface area contributed by atoms with Crippen LogP contribution in [0.5, 0.6) is 0 Å². The number of para-hydroxylation sites is 1. The fourth-order valence-electron chi connectivity index (χ4n) is 2.23. The number of nitrogens with zero attached hydrogens (tertiary/aromatic N) is 2. The standard InChI is InChI=1S/C18H16FN3O/c19-15-8-6-14(7-9-15)10-12-20-18(23)17-11-13-22(21-17)16-4-2-1-3-5-16/h1-9,11,13H,10,12H2,(H,20,23). The van der Waals surface area contributed by atoms with Gasteiger partial charge >= 0.3 is 0 Å². The second-order valence-electron chi connectivity index (χ2n) is 5.11. The van der Waals surface area contributed by atoms with E-state index in [0.717, 1.165) is 11.3 Å². The Hall–Kier alpha value is -2.95. The van der Waals surface area contributed by atoms with Crippen LogP contribution in [0.2, 0.25) is 0 Å². The van der Waals surface area contributed by atoms with E-state index in [1.54, 1.807) is 29.1 Å². The van der Waals surface area contributed by atoms with Gasteiger partial charge in [0.1, 0.15) is 5.82 Å². The van der Waals surface area contributed by atoms with E-state index in [0.29, 0.717) is 18.7 Å². The third kappa shape index (κ3) is 3.83. The topological polar surface area (TPSA) is 46.9 Å². The lowest BCUT2D eigenvalue weighted by Crippen LogP contribution is -2.26. The van der Waals surface area contributed by atoms with E-state index < -0.39 is 0 Å². The van der Waals surface area contributed by atoms with Crippen LogP contribution in [0.4, 0.5) is 4.39 Å². The average Bonchev–Trinajstić information content (AvgIpc) is 3.07. The number of halogens is 1. The molecule has 23 heavy (non-hydrogen) atoms. The Morgan fingerprint density at radius 1 is 1.04 bits per heavy atom. The summed E-state index contributed by atoms with van der Waals surface area (Å²) in [6.07, 6.45) is 2.40. The third-order valence-electron chi connectivity index (χ3n) is 3.45. The zero-order chi connectivity index (χ0) is 16.1. The zero-order valence-electron chi connectivity index (χ0n) is 12.4. The molecule has 3 rings (SSSR count).